The van der Waals surface area contributed by atoms with E-state index >= 15 is 0 Å². The van der Waals surface area contributed by atoms with Gasteiger partial charge in [-0.25, -0.2) is 4.98 Å². The van der Waals surface area contributed by atoms with E-state index < -0.39 is 0 Å². The Morgan fingerprint density at radius 3 is 2.93 bits per heavy atom. The molecule has 0 bridgehead atoms. The van der Waals surface area contributed by atoms with Crippen molar-refractivity contribution in [2.24, 2.45) is 7.05 Å². The Bertz CT molecular complexity index is 1050. The maximum absolute atomic E-state index is 12.7. The highest BCUT2D eigenvalue weighted by molar-refractivity contribution is 5.80. The van der Waals surface area contributed by atoms with Crippen LogP contribution in [-0.2, 0) is 18.4 Å². The monoisotopic (exact) mass is 366 g/mol. The lowest BCUT2D eigenvalue weighted by Gasteiger charge is -2.18. The van der Waals surface area contributed by atoms with Gasteiger partial charge in [0.05, 0.1) is 23.9 Å². The molecule has 3 aromatic rings. The Morgan fingerprint density at radius 1 is 1.30 bits per heavy atom. The third kappa shape index (κ3) is 3.45. The zero-order valence-electron chi connectivity index (χ0n) is 15.5. The van der Waals surface area contributed by atoms with E-state index in [1.165, 1.54) is 6.07 Å². The van der Waals surface area contributed by atoms with Crippen LogP contribution < -0.4 is 10.3 Å². The summed E-state index contributed by atoms with van der Waals surface area (Å²) in [6.45, 7) is 3.31. The van der Waals surface area contributed by atoms with Gasteiger partial charge in [0.1, 0.15) is 18.4 Å². The first-order chi connectivity index (χ1) is 13.0. The molecule has 1 saturated heterocycles. The molecule has 7 heteroatoms. The molecule has 0 saturated carbocycles. The van der Waals surface area contributed by atoms with Gasteiger partial charge in [-0.3, -0.25) is 9.59 Å². The van der Waals surface area contributed by atoms with Gasteiger partial charge in [-0.05, 0) is 25.1 Å². The molecule has 3 heterocycles. The number of carbonyl (C=O) groups excluding carboxylic acids is 1. The summed E-state index contributed by atoms with van der Waals surface area (Å²) >= 11 is 0. The maximum Gasteiger partial charge on any atom is 0.254 e. The van der Waals surface area contributed by atoms with E-state index in [-0.39, 0.29) is 24.1 Å². The number of imidazole rings is 1. The molecule has 7 nitrogen and oxygen atoms in total. The topological polar surface area (TPSA) is 69.4 Å². The van der Waals surface area contributed by atoms with Crippen LogP contribution in [0.4, 0.5) is 0 Å². The molecule has 2 aromatic heterocycles. The second kappa shape index (κ2) is 6.90. The van der Waals surface area contributed by atoms with Gasteiger partial charge >= 0.3 is 0 Å². The standard InChI is InChI=1S/C20H22N4O3/c1-14-9-16(10-19(25)22(14)2)27-15-7-8-23(11-15)20(26)12-24-13-21-17-5-3-4-6-18(17)24/h3-6,9-10,13,15H,7-8,11-12H2,1-2H3. The summed E-state index contributed by atoms with van der Waals surface area (Å²) in [4.78, 5) is 30.7. The molecular formula is C20H22N4O3. The first kappa shape index (κ1) is 17.3. The van der Waals surface area contributed by atoms with Crippen LogP contribution in [0.2, 0.25) is 0 Å². The normalized spacial score (nSPS) is 16.8. The van der Waals surface area contributed by atoms with E-state index in [0.717, 1.165) is 23.1 Å². The fourth-order valence-electron chi connectivity index (χ4n) is 3.43. The van der Waals surface area contributed by atoms with Crippen molar-refractivity contribution in [2.45, 2.75) is 26.0 Å². The Kier molecular flexibility index (Phi) is 4.43. The molecule has 1 aliphatic rings. The number of hydrogen-bond donors (Lipinski definition) is 0. The van der Waals surface area contributed by atoms with Crippen LogP contribution in [0.5, 0.6) is 5.75 Å². The van der Waals surface area contributed by atoms with Gasteiger partial charge in [0, 0.05) is 31.8 Å². The Morgan fingerprint density at radius 2 is 2.11 bits per heavy atom. The van der Waals surface area contributed by atoms with Gasteiger partial charge < -0.3 is 18.8 Å². The number of nitrogens with zero attached hydrogens (tertiary/aromatic N) is 4. The molecule has 1 amide bonds. The van der Waals surface area contributed by atoms with E-state index in [2.05, 4.69) is 4.98 Å². The zero-order valence-corrected chi connectivity index (χ0v) is 15.5. The number of aryl methyl sites for hydroxylation is 1. The third-order valence-corrected chi connectivity index (χ3v) is 5.11. The summed E-state index contributed by atoms with van der Waals surface area (Å²) in [5, 5.41) is 0. The predicted molar refractivity (Wildman–Crippen MR) is 102 cm³/mol. The molecule has 4 rings (SSSR count). The van der Waals surface area contributed by atoms with E-state index in [1.807, 2.05) is 46.7 Å². The van der Waals surface area contributed by atoms with Gasteiger partial charge in [0.25, 0.3) is 5.56 Å². The van der Waals surface area contributed by atoms with E-state index in [4.69, 9.17) is 4.74 Å². The first-order valence-electron chi connectivity index (χ1n) is 9.03. The van der Waals surface area contributed by atoms with Gasteiger partial charge in [-0.1, -0.05) is 12.1 Å². The molecule has 0 spiro atoms. The lowest BCUT2D eigenvalue weighted by atomic mass is 10.3. The van der Waals surface area contributed by atoms with Crippen LogP contribution in [0.15, 0.2) is 47.5 Å². The van der Waals surface area contributed by atoms with Crippen LogP contribution in [0.3, 0.4) is 0 Å². The number of benzene rings is 1. The number of likely N-dealkylation sites (tertiary alicyclic amines) is 1. The molecule has 1 atom stereocenters. The van der Waals surface area contributed by atoms with Gasteiger partial charge in [0.15, 0.2) is 0 Å². The summed E-state index contributed by atoms with van der Waals surface area (Å²) in [7, 11) is 1.73. The van der Waals surface area contributed by atoms with Crippen molar-refractivity contribution < 1.29 is 9.53 Å². The van der Waals surface area contributed by atoms with Crippen LogP contribution >= 0.6 is 0 Å². The van der Waals surface area contributed by atoms with Crippen molar-refractivity contribution in [3.63, 3.8) is 0 Å². The number of fused-ring (bicyclic) bond motifs is 1. The van der Waals surface area contributed by atoms with Gasteiger partial charge in [0.2, 0.25) is 5.91 Å². The lowest BCUT2D eigenvalue weighted by molar-refractivity contribution is -0.131. The highest BCUT2D eigenvalue weighted by Gasteiger charge is 2.28. The number of ether oxygens (including phenoxy) is 1. The summed E-state index contributed by atoms with van der Waals surface area (Å²) in [6.07, 6.45) is 2.36. The third-order valence-electron chi connectivity index (χ3n) is 5.11. The number of hydrogen-bond acceptors (Lipinski definition) is 4. The minimum absolute atomic E-state index is 0.0457. The molecule has 0 radical (unpaired) electrons. The minimum atomic E-state index is -0.0972. The van der Waals surface area contributed by atoms with E-state index in [1.54, 1.807) is 17.9 Å². The smallest absolute Gasteiger partial charge is 0.254 e. The number of pyridine rings is 1. The minimum Gasteiger partial charge on any atom is -0.488 e. The van der Waals surface area contributed by atoms with Crippen molar-refractivity contribution in [2.75, 3.05) is 13.1 Å². The highest BCUT2D eigenvalue weighted by Crippen LogP contribution is 2.19. The second-order valence-electron chi connectivity index (χ2n) is 6.96. The van der Waals surface area contributed by atoms with Crippen molar-refractivity contribution >= 4 is 16.9 Å². The van der Waals surface area contributed by atoms with Crippen molar-refractivity contribution in [1.29, 1.82) is 0 Å². The molecule has 1 fully saturated rings. The van der Waals surface area contributed by atoms with Crippen LogP contribution in [0.25, 0.3) is 11.0 Å². The quantitative estimate of drug-likeness (QED) is 0.705. The molecule has 1 aliphatic heterocycles. The zero-order chi connectivity index (χ0) is 19.0. The number of rotatable bonds is 4. The van der Waals surface area contributed by atoms with E-state index in [0.29, 0.717) is 18.8 Å². The molecule has 1 aromatic carbocycles. The van der Waals surface area contributed by atoms with Gasteiger partial charge in [-0.15, -0.1) is 0 Å². The molecule has 1 unspecified atom stereocenters. The number of para-hydroxylation sites is 2. The number of carbonyl (C=O) groups is 1. The number of aromatic nitrogens is 3. The summed E-state index contributed by atoms with van der Waals surface area (Å²) < 4.78 is 9.40. The average molecular weight is 366 g/mol. The van der Waals surface area contributed by atoms with Crippen LogP contribution in [0.1, 0.15) is 12.1 Å². The lowest BCUT2D eigenvalue weighted by Crippen LogP contribution is -2.33. The summed E-state index contributed by atoms with van der Waals surface area (Å²) in [5.74, 6) is 0.611. The second-order valence-corrected chi connectivity index (χ2v) is 6.96. The molecular weight excluding hydrogens is 344 g/mol. The van der Waals surface area contributed by atoms with Crippen LogP contribution in [-0.4, -0.2) is 44.1 Å². The van der Waals surface area contributed by atoms with Gasteiger partial charge in [-0.2, -0.15) is 0 Å². The SMILES string of the molecule is Cc1cc(OC2CCN(C(=O)Cn3cnc4ccccc43)C2)cc(=O)n1C. The highest BCUT2D eigenvalue weighted by atomic mass is 16.5. The Hall–Kier alpha value is -3.09. The van der Waals surface area contributed by atoms with Crippen molar-refractivity contribution in [3.8, 4) is 5.75 Å². The summed E-state index contributed by atoms with van der Waals surface area (Å²) in [5.41, 5.74) is 2.58. The van der Waals surface area contributed by atoms with Crippen molar-refractivity contribution in [1.82, 2.24) is 19.0 Å². The molecule has 0 aliphatic carbocycles. The fraction of sp³-hybridized carbons (Fsp3) is 0.350. The summed E-state index contributed by atoms with van der Waals surface area (Å²) in [6, 6.07) is 11.1. The average Bonchev–Trinajstić information content (AvgIpc) is 3.27. The Labute approximate surface area is 156 Å². The maximum atomic E-state index is 12.7. The van der Waals surface area contributed by atoms with E-state index in [9.17, 15) is 9.59 Å². The van der Waals surface area contributed by atoms with Crippen LogP contribution in [0, 0.1) is 6.92 Å². The number of amides is 1. The fourth-order valence-corrected chi connectivity index (χ4v) is 3.43. The molecule has 0 N–H and O–H groups in total. The largest absolute Gasteiger partial charge is 0.488 e. The molecule has 27 heavy (non-hydrogen) atoms. The van der Waals surface area contributed by atoms with Crippen molar-refractivity contribution in [3.05, 3.63) is 58.8 Å². The predicted octanol–water partition coefficient (Wildman–Crippen LogP) is 1.72. The Balaban J connectivity index is 1.40. The first-order valence-corrected chi connectivity index (χ1v) is 9.03. The molecule has 140 valence electrons.